The highest BCUT2D eigenvalue weighted by atomic mass is 16.5. The molecule has 0 atom stereocenters. The zero-order valence-electron chi connectivity index (χ0n) is 14.3. The zero-order valence-corrected chi connectivity index (χ0v) is 14.3. The van der Waals surface area contributed by atoms with Crippen LogP contribution in [0.3, 0.4) is 0 Å². The minimum Gasteiger partial charge on any atom is -0.457 e. The summed E-state index contributed by atoms with van der Waals surface area (Å²) in [4.78, 5) is 7.04. The topological polar surface area (TPSA) is 24.8 Å². The minimum absolute atomic E-state index is 0.840. The number of ether oxygens (including phenoxy) is 1. The van der Waals surface area contributed by atoms with Gasteiger partial charge >= 0.3 is 0 Å². The number of benzene rings is 3. The van der Waals surface area contributed by atoms with Crippen molar-refractivity contribution in [2.45, 2.75) is 0 Å². The van der Waals surface area contributed by atoms with E-state index in [4.69, 9.17) is 9.73 Å². The van der Waals surface area contributed by atoms with Gasteiger partial charge in [0.05, 0.1) is 12.2 Å². The largest absolute Gasteiger partial charge is 0.457 e. The Morgan fingerprint density at radius 1 is 0.769 bits per heavy atom. The molecule has 0 aliphatic carbocycles. The summed E-state index contributed by atoms with van der Waals surface area (Å²) >= 11 is 0. The van der Waals surface area contributed by atoms with Crippen LogP contribution in [0.2, 0.25) is 0 Å². The van der Waals surface area contributed by atoms with E-state index in [2.05, 4.69) is 47.4 Å². The Kier molecular flexibility index (Phi) is 3.56. The van der Waals surface area contributed by atoms with Crippen molar-refractivity contribution in [3.63, 3.8) is 0 Å². The highest BCUT2D eigenvalue weighted by Crippen LogP contribution is 2.34. The third kappa shape index (κ3) is 2.58. The number of aliphatic imine (C=N–C) groups is 1. The van der Waals surface area contributed by atoms with Gasteiger partial charge in [-0.2, -0.15) is 0 Å². The van der Waals surface area contributed by atoms with Gasteiger partial charge in [-0.1, -0.05) is 42.5 Å². The van der Waals surface area contributed by atoms with Crippen LogP contribution >= 0.6 is 0 Å². The maximum Gasteiger partial charge on any atom is 0.136 e. The fraction of sp³-hybridized carbons (Fsp3) is 0.0870. The molecule has 2 aliphatic heterocycles. The Labute approximate surface area is 152 Å². The van der Waals surface area contributed by atoms with Gasteiger partial charge < -0.3 is 9.64 Å². The summed E-state index contributed by atoms with van der Waals surface area (Å²) in [6.45, 7) is 1.77. The maximum absolute atomic E-state index is 5.91. The van der Waals surface area contributed by atoms with Crippen LogP contribution in [0, 0.1) is 0 Å². The van der Waals surface area contributed by atoms with Gasteiger partial charge in [0.1, 0.15) is 17.3 Å². The summed E-state index contributed by atoms with van der Waals surface area (Å²) in [5.74, 6) is 2.77. The van der Waals surface area contributed by atoms with E-state index in [1.54, 1.807) is 0 Å². The number of nitrogens with zero attached hydrogens (tertiary/aromatic N) is 2. The lowest BCUT2D eigenvalue weighted by Gasteiger charge is -2.29. The standard InChI is InChI=1S/C23H18N2O/c1-2-7-19(8-3-1)26-20-12-10-17(11-13-20)22-16-18-6-4-5-9-21(18)23-24-14-15-25(22)23/h1-13,16H,14-15H2. The number of amidine groups is 1. The SMILES string of the molecule is C1=C(c2ccc(Oc3ccccc3)cc2)N2CCN=C2c2ccccc21. The van der Waals surface area contributed by atoms with Gasteiger partial charge in [-0.3, -0.25) is 4.99 Å². The molecule has 26 heavy (non-hydrogen) atoms. The van der Waals surface area contributed by atoms with Crippen molar-refractivity contribution in [3.05, 3.63) is 95.6 Å². The van der Waals surface area contributed by atoms with Crippen molar-refractivity contribution in [3.8, 4) is 11.5 Å². The van der Waals surface area contributed by atoms with E-state index in [1.165, 1.54) is 22.4 Å². The molecular weight excluding hydrogens is 320 g/mol. The molecule has 2 heterocycles. The van der Waals surface area contributed by atoms with Crippen LogP contribution in [0.25, 0.3) is 11.8 Å². The number of rotatable bonds is 3. The van der Waals surface area contributed by atoms with Crippen molar-refractivity contribution in [1.29, 1.82) is 0 Å². The fourth-order valence-corrected chi connectivity index (χ4v) is 3.52. The van der Waals surface area contributed by atoms with E-state index in [0.717, 1.165) is 30.4 Å². The number of fused-ring (bicyclic) bond motifs is 3. The molecule has 0 saturated heterocycles. The summed E-state index contributed by atoms with van der Waals surface area (Å²) in [5.41, 5.74) is 4.82. The van der Waals surface area contributed by atoms with Gasteiger partial charge in [-0.15, -0.1) is 0 Å². The molecule has 5 rings (SSSR count). The summed E-state index contributed by atoms with van der Waals surface area (Å²) in [5, 5.41) is 0. The number of para-hydroxylation sites is 1. The van der Waals surface area contributed by atoms with Gasteiger partial charge in [-0.25, -0.2) is 0 Å². The third-order valence-corrected chi connectivity index (χ3v) is 4.75. The lowest BCUT2D eigenvalue weighted by atomic mass is 9.97. The van der Waals surface area contributed by atoms with E-state index in [0.29, 0.717) is 0 Å². The lowest BCUT2D eigenvalue weighted by molar-refractivity contribution is 0.482. The molecule has 0 amide bonds. The molecule has 0 radical (unpaired) electrons. The zero-order chi connectivity index (χ0) is 17.3. The third-order valence-electron chi connectivity index (χ3n) is 4.75. The molecule has 0 spiro atoms. The molecule has 0 N–H and O–H groups in total. The number of hydrogen-bond donors (Lipinski definition) is 0. The molecule has 0 saturated carbocycles. The molecular formula is C23H18N2O. The van der Waals surface area contributed by atoms with Crippen LogP contribution in [0.5, 0.6) is 11.5 Å². The van der Waals surface area contributed by atoms with Crippen molar-refractivity contribution in [1.82, 2.24) is 4.90 Å². The Morgan fingerprint density at radius 2 is 1.50 bits per heavy atom. The Morgan fingerprint density at radius 3 is 2.35 bits per heavy atom. The van der Waals surface area contributed by atoms with Crippen LogP contribution in [0.4, 0.5) is 0 Å². The van der Waals surface area contributed by atoms with Crippen LogP contribution in [0.1, 0.15) is 16.7 Å². The average molecular weight is 338 g/mol. The van der Waals surface area contributed by atoms with E-state index in [9.17, 15) is 0 Å². The number of hydrogen-bond acceptors (Lipinski definition) is 3. The lowest BCUT2D eigenvalue weighted by Crippen LogP contribution is -2.30. The van der Waals surface area contributed by atoms with E-state index >= 15 is 0 Å². The molecule has 2 aliphatic rings. The molecule has 0 aromatic heterocycles. The van der Waals surface area contributed by atoms with Gasteiger partial charge in [-0.05, 0) is 53.6 Å². The van der Waals surface area contributed by atoms with Gasteiger partial charge in [0.15, 0.2) is 0 Å². The second-order valence-corrected chi connectivity index (χ2v) is 6.41. The summed E-state index contributed by atoms with van der Waals surface area (Å²) in [6, 6.07) is 26.6. The quantitative estimate of drug-likeness (QED) is 0.667. The van der Waals surface area contributed by atoms with Crippen molar-refractivity contribution >= 4 is 17.6 Å². The monoisotopic (exact) mass is 338 g/mol. The first-order chi connectivity index (χ1) is 12.9. The Balaban J connectivity index is 1.48. The van der Waals surface area contributed by atoms with Crippen molar-refractivity contribution < 1.29 is 4.74 Å². The highest BCUT2D eigenvalue weighted by molar-refractivity contribution is 6.12. The fourth-order valence-electron chi connectivity index (χ4n) is 3.52. The summed E-state index contributed by atoms with van der Waals surface area (Å²) < 4.78 is 5.91. The molecule has 3 nitrogen and oxygen atoms in total. The van der Waals surface area contributed by atoms with Crippen LogP contribution < -0.4 is 4.74 Å². The van der Waals surface area contributed by atoms with Crippen LogP contribution in [0.15, 0.2) is 83.9 Å². The van der Waals surface area contributed by atoms with Crippen molar-refractivity contribution in [2.24, 2.45) is 4.99 Å². The normalized spacial score (nSPS) is 15.0. The predicted octanol–water partition coefficient (Wildman–Crippen LogP) is 5.05. The smallest absolute Gasteiger partial charge is 0.136 e. The summed E-state index contributed by atoms with van der Waals surface area (Å²) in [6.07, 6.45) is 2.26. The summed E-state index contributed by atoms with van der Waals surface area (Å²) in [7, 11) is 0. The Hall–Kier alpha value is -3.33. The van der Waals surface area contributed by atoms with Gasteiger partial charge in [0, 0.05) is 12.1 Å². The molecule has 3 aromatic carbocycles. The van der Waals surface area contributed by atoms with E-state index in [-0.39, 0.29) is 0 Å². The Bertz CT molecular complexity index is 1000. The first-order valence-electron chi connectivity index (χ1n) is 8.85. The molecule has 3 aromatic rings. The first-order valence-corrected chi connectivity index (χ1v) is 8.85. The van der Waals surface area contributed by atoms with Crippen LogP contribution in [-0.2, 0) is 0 Å². The van der Waals surface area contributed by atoms with Crippen LogP contribution in [-0.4, -0.2) is 23.8 Å². The predicted molar refractivity (Wildman–Crippen MR) is 105 cm³/mol. The average Bonchev–Trinajstić information content (AvgIpc) is 3.19. The molecule has 126 valence electrons. The first kappa shape index (κ1) is 15.0. The maximum atomic E-state index is 5.91. The van der Waals surface area contributed by atoms with Crippen molar-refractivity contribution in [2.75, 3.05) is 13.1 Å². The van der Waals surface area contributed by atoms with E-state index in [1.807, 2.05) is 42.5 Å². The molecule has 0 unspecified atom stereocenters. The second-order valence-electron chi connectivity index (χ2n) is 6.41. The molecule has 0 bridgehead atoms. The van der Waals surface area contributed by atoms with E-state index < -0.39 is 0 Å². The molecule has 3 heteroatoms. The van der Waals surface area contributed by atoms with Gasteiger partial charge in [0.25, 0.3) is 0 Å². The van der Waals surface area contributed by atoms with Gasteiger partial charge in [0.2, 0.25) is 0 Å². The second kappa shape index (κ2) is 6.19. The highest BCUT2D eigenvalue weighted by Gasteiger charge is 2.28. The minimum atomic E-state index is 0.840. The molecule has 0 fully saturated rings.